The average molecular weight is 291 g/mol. The van der Waals surface area contributed by atoms with Crippen LogP contribution in [0.4, 0.5) is 0 Å². The van der Waals surface area contributed by atoms with Crippen LogP contribution in [0.5, 0.6) is 0 Å². The topological polar surface area (TPSA) is 37.4 Å². The molecule has 0 aromatic rings. The predicted octanol–water partition coefficient (Wildman–Crippen LogP) is 3.20. The average Bonchev–Trinajstić information content (AvgIpc) is 2.60. The molecule has 0 N–H and O–H groups in total. The summed E-state index contributed by atoms with van der Waals surface area (Å²) in [5.41, 5.74) is 3.49. The van der Waals surface area contributed by atoms with Crippen molar-refractivity contribution in [1.29, 1.82) is 0 Å². The van der Waals surface area contributed by atoms with Crippen LogP contribution in [0.15, 0.2) is 11.1 Å². The monoisotopic (exact) mass is 291 g/mol. The molecule has 1 saturated heterocycles. The molecule has 0 saturated carbocycles. The van der Waals surface area contributed by atoms with Crippen molar-refractivity contribution in [1.82, 2.24) is 4.90 Å². The van der Waals surface area contributed by atoms with E-state index in [1.165, 1.54) is 29.7 Å². The normalized spacial score (nSPS) is 34.4. The van der Waals surface area contributed by atoms with Crippen molar-refractivity contribution in [3.8, 4) is 0 Å². The fraction of sp³-hybridized carbons (Fsp3) is 0.750. The molecule has 0 aromatic carbocycles. The molecule has 3 aliphatic rings. The molecule has 110 valence electrons. The summed E-state index contributed by atoms with van der Waals surface area (Å²) in [6, 6.07) is 0. The standard InChI is InChI=1S/C16H25NO2Si/c1-17-15(18)12-9-10-7-5-6-8-11(10)14(20(2,3)4)13(12)16(17)19/h12-14H,5-9H2,1-4H3/t12-,13-,14?/m0/s1. The molecule has 1 fully saturated rings. The van der Waals surface area contributed by atoms with Crippen LogP contribution < -0.4 is 0 Å². The molecule has 2 aliphatic carbocycles. The van der Waals surface area contributed by atoms with E-state index in [1.54, 1.807) is 12.6 Å². The van der Waals surface area contributed by atoms with Crippen LogP contribution in [0.2, 0.25) is 25.2 Å². The highest BCUT2D eigenvalue weighted by molar-refractivity contribution is 6.78. The lowest BCUT2D eigenvalue weighted by Crippen LogP contribution is -2.42. The minimum Gasteiger partial charge on any atom is -0.285 e. The summed E-state index contributed by atoms with van der Waals surface area (Å²) in [4.78, 5) is 26.4. The lowest BCUT2D eigenvalue weighted by atomic mass is 9.72. The Hall–Kier alpha value is -0.903. The lowest BCUT2D eigenvalue weighted by Gasteiger charge is -2.43. The van der Waals surface area contributed by atoms with Gasteiger partial charge in [-0.3, -0.25) is 14.5 Å². The van der Waals surface area contributed by atoms with Crippen molar-refractivity contribution in [2.45, 2.75) is 57.3 Å². The number of carbonyl (C=O) groups is 2. The Morgan fingerprint density at radius 3 is 2.35 bits per heavy atom. The predicted molar refractivity (Wildman–Crippen MR) is 82.0 cm³/mol. The van der Waals surface area contributed by atoms with Gasteiger partial charge in [-0.15, -0.1) is 0 Å². The van der Waals surface area contributed by atoms with Crippen molar-refractivity contribution < 1.29 is 9.59 Å². The second-order valence-electron chi connectivity index (χ2n) is 7.75. The van der Waals surface area contributed by atoms with Gasteiger partial charge in [0.25, 0.3) is 0 Å². The van der Waals surface area contributed by atoms with Gasteiger partial charge in [-0.1, -0.05) is 30.8 Å². The zero-order valence-electron chi connectivity index (χ0n) is 13.0. The first kappa shape index (κ1) is 14.1. The van der Waals surface area contributed by atoms with Crippen LogP contribution in [0.3, 0.4) is 0 Å². The first-order chi connectivity index (χ1) is 9.32. The summed E-state index contributed by atoms with van der Waals surface area (Å²) in [5.74, 6) is 0.0574. The molecule has 1 heterocycles. The summed E-state index contributed by atoms with van der Waals surface area (Å²) >= 11 is 0. The van der Waals surface area contributed by atoms with Crippen molar-refractivity contribution in [2.75, 3.05) is 7.05 Å². The van der Waals surface area contributed by atoms with Gasteiger partial charge < -0.3 is 0 Å². The van der Waals surface area contributed by atoms with Gasteiger partial charge in [-0.05, 0) is 37.6 Å². The van der Waals surface area contributed by atoms with Gasteiger partial charge in [0.1, 0.15) is 0 Å². The highest BCUT2D eigenvalue weighted by Crippen LogP contribution is 2.54. The van der Waals surface area contributed by atoms with E-state index < -0.39 is 8.07 Å². The molecule has 3 nitrogen and oxygen atoms in total. The molecule has 0 bridgehead atoms. The van der Waals surface area contributed by atoms with Crippen LogP contribution in [0.25, 0.3) is 0 Å². The Labute approximate surface area is 122 Å². The number of amides is 2. The Kier molecular flexibility index (Phi) is 3.20. The Balaban J connectivity index is 2.10. The molecular formula is C16H25NO2Si. The fourth-order valence-electron chi connectivity index (χ4n) is 4.64. The molecule has 0 spiro atoms. The van der Waals surface area contributed by atoms with E-state index in [0.717, 1.165) is 12.8 Å². The van der Waals surface area contributed by atoms with E-state index in [2.05, 4.69) is 19.6 Å². The molecule has 0 aromatic heterocycles. The fourth-order valence-corrected chi connectivity index (χ4v) is 7.49. The largest absolute Gasteiger partial charge is 0.285 e. The van der Waals surface area contributed by atoms with Crippen LogP contribution in [0, 0.1) is 11.8 Å². The van der Waals surface area contributed by atoms with Crippen molar-refractivity contribution in [3.05, 3.63) is 11.1 Å². The SMILES string of the molecule is CN1C(=O)[C@H]2CC3=C(CCCC3)C([Si](C)(C)C)[C@H]2C1=O. The molecule has 1 aliphatic heterocycles. The Bertz CT molecular complexity index is 503. The lowest BCUT2D eigenvalue weighted by molar-refractivity contribution is -0.138. The van der Waals surface area contributed by atoms with Crippen molar-refractivity contribution in [3.63, 3.8) is 0 Å². The van der Waals surface area contributed by atoms with Crippen LogP contribution in [-0.2, 0) is 9.59 Å². The number of carbonyl (C=O) groups excluding carboxylic acids is 2. The van der Waals surface area contributed by atoms with Gasteiger partial charge in [0.2, 0.25) is 11.8 Å². The maximum atomic E-state index is 12.6. The van der Waals surface area contributed by atoms with E-state index >= 15 is 0 Å². The van der Waals surface area contributed by atoms with Gasteiger partial charge in [0, 0.05) is 7.05 Å². The molecule has 3 atom stereocenters. The van der Waals surface area contributed by atoms with E-state index in [0.29, 0.717) is 5.54 Å². The highest BCUT2D eigenvalue weighted by atomic mass is 28.3. The first-order valence-electron chi connectivity index (χ1n) is 7.84. The number of allylic oxidation sites excluding steroid dienone is 2. The number of likely N-dealkylation sites (tertiary alicyclic amines) is 1. The summed E-state index contributed by atoms with van der Waals surface area (Å²) in [5, 5.41) is 0. The number of imide groups is 1. The minimum atomic E-state index is -1.51. The Morgan fingerprint density at radius 1 is 1.05 bits per heavy atom. The molecule has 0 radical (unpaired) electrons. The molecular weight excluding hydrogens is 266 g/mol. The molecule has 20 heavy (non-hydrogen) atoms. The summed E-state index contributed by atoms with van der Waals surface area (Å²) in [6.07, 6.45) is 5.70. The molecule has 2 amide bonds. The second kappa shape index (κ2) is 4.55. The number of hydrogen-bond acceptors (Lipinski definition) is 2. The quantitative estimate of drug-likeness (QED) is 0.423. The summed E-state index contributed by atoms with van der Waals surface area (Å²) in [6.45, 7) is 7.07. The number of rotatable bonds is 1. The van der Waals surface area contributed by atoms with E-state index in [4.69, 9.17) is 0 Å². The van der Waals surface area contributed by atoms with E-state index in [9.17, 15) is 9.59 Å². The van der Waals surface area contributed by atoms with E-state index in [-0.39, 0.29) is 23.7 Å². The third-order valence-corrected chi connectivity index (χ3v) is 8.03. The van der Waals surface area contributed by atoms with Gasteiger partial charge in [0.05, 0.1) is 19.9 Å². The zero-order valence-corrected chi connectivity index (χ0v) is 14.0. The zero-order chi connectivity index (χ0) is 14.7. The highest BCUT2D eigenvalue weighted by Gasteiger charge is 2.55. The van der Waals surface area contributed by atoms with Gasteiger partial charge in [0.15, 0.2) is 0 Å². The molecule has 3 rings (SSSR count). The maximum absolute atomic E-state index is 12.6. The number of fused-ring (bicyclic) bond motifs is 1. The van der Waals surface area contributed by atoms with Gasteiger partial charge >= 0.3 is 0 Å². The van der Waals surface area contributed by atoms with Crippen LogP contribution >= 0.6 is 0 Å². The Morgan fingerprint density at radius 2 is 1.70 bits per heavy atom. The smallest absolute Gasteiger partial charge is 0.233 e. The molecule has 4 heteroatoms. The van der Waals surface area contributed by atoms with Crippen LogP contribution in [0.1, 0.15) is 32.1 Å². The summed E-state index contributed by atoms with van der Waals surface area (Å²) in [7, 11) is 0.161. The third-order valence-electron chi connectivity index (χ3n) is 5.46. The van der Waals surface area contributed by atoms with Crippen molar-refractivity contribution >= 4 is 19.9 Å². The van der Waals surface area contributed by atoms with Gasteiger partial charge in [-0.2, -0.15) is 0 Å². The van der Waals surface area contributed by atoms with Crippen molar-refractivity contribution in [2.24, 2.45) is 11.8 Å². The number of hydrogen-bond donors (Lipinski definition) is 0. The number of nitrogens with zero attached hydrogens (tertiary/aromatic N) is 1. The van der Waals surface area contributed by atoms with Gasteiger partial charge in [-0.25, -0.2) is 0 Å². The molecule has 1 unspecified atom stereocenters. The minimum absolute atomic E-state index is 0.0454. The third kappa shape index (κ3) is 1.91. The van der Waals surface area contributed by atoms with Crippen LogP contribution in [-0.4, -0.2) is 31.8 Å². The second-order valence-corrected chi connectivity index (χ2v) is 13.1. The van der Waals surface area contributed by atoms with E-state index in [1.807, 2.05) is 0 Å². The summed E-state index contributed by atoms with van der Waals surface area (Å²) < 4.78 is 0. The first-order valence-corrected chi connectivity index (χ1v) is 11.4. The maximum Gasteiger partial charge on any atom is 0.233 e.